The minimum atomic E-state index is 0.0411. The Morgan fingerprint density at radius 3 is 2.62 bits per heavy atom. The van der Waals surface area contributed by atoms with Gasteiger partial charge in [-0.3, -0.25) is 4.79 Å². The van der Waals surface area contributed by atoms with Crippen molar-refractivity contribution in [2.75, 3.05) is 12.5 Å². The predicted molar refractivity (Wildman–Crippen MR) is 73.7 cm³/mol. The van der Waals surface area contributed by atoms with Gasteiger partial charge in [0.2, 0.25) is 5.43 Å². The number of halogens is 1. The van der Waals surface area contributed by atoms with Crippen molar-refractivity contribution < 1.29 is 4.42 Å². The molecule has 0 saturated carbocycles. The fourth-order valence-corrected chi connectivity index (χ4v) is 3.26. The van der Waals surface area contributed by atoms with Crippen molar-refractivity contribution in [2.24, 2.45) is 0 Å². The summed E-state index contributed by atoms with van der Waals surface area (Å²) in [4.78, 5) is 12.9. The molecule has 16 heavy (non-hydrogen) atoms. The van der Waals surface area contributed by atoms with Gasteiger partial charge in [0.1, 0.15) is 10.5 Å². The molecule has 1 aromatic carbocycles. The molecule has 0 amide bonds. The summed E-state index contributed by atoms with van der Waals surface area (Å²) in [6.07, 6.45) is 3.79. The number of rotatable bonds is 2. The van der Waals surface area contributed by atoms with Gasteiger partial charge in [0, 0.05) is 4.47 Å². The average molecular weight is 317 g/mol. The predicted octanol–water partition coefficient (Wildman–Crippen LogP) is 4.00. The first-order chi connectivity index (χ1) is 7.67. The topological polar surface area (TPSA) is 30.2 Å². The molecule has 1 aromatic heterocycles. The van der Waals surface area contributed by atoms with E-state index in [2.05, 4.69) is 15.9 Å². The van der Waals surface area contributed by atoms with E-state index >= 15 is 0 Å². The van der Waals surface area contributed by atoms with Crippen molar-refractivity contribution in [1.82, 2.24) is 0 Å². The van der Waals surface area contributed by atoms with Crippen molar-refractivity contribution in [3.8, 4) is 0 Å². The number of benzene rings is 1. The van der Waals surface area contributed by atoms with Crippen LogP contribution in [0.4, 0.5) is 0 Å². The minimum Gasteiger partial charge on any atom is -0.448 e. The van der Waals surface area contributed by atoms with E-state index in [1.54, 1.807) is 6.07 Å². The second-order valence-electron chi connectivity index (χ2n) is 3.10. The Labute approximate surface area is 110 Å². The molecule has 84 valence electrons. The summed E-state index contributed by atoms with van der Waals surface area (Å²) < 4.78 is 6.58. The molecule has 0 atom stereocenters. The first-order valence-electron chi connectivity index (χ1n) is 4.51. The number of hydrogen-bond acceptors (Lipinski definition) is 4. The summed E-state index contributed by atoms with van der Waals surface area (Å²) in [7, 11) is 0. The van der Waals surface area contributed by atoms with Crippen molar-refractivity contribution in [2.45, 2.75) is 9.99 Å². The van der Waals surface area contributed by atoms with E-state index in [1.807, 2.05) is 24.6 Å². The van der Waals surface area contributed by atoms with Crippen molar-refractivity contribution >= 4 is 50.4 Å². The van der Waals surface area contributed by atoms with Crippen molar-refractivity contribution in [1.29, 1.82) is 0 Å². The summed E-state index contributed by atoms with van der Waals surface area (Å²) in [5.74, 6) is 0. The van der Waals surface area contributed by atoms with Gasteiger partial charge >= 0.3 is 0 Å². The van der Waals surface area contributed by atoms with E-state index in [0.29, 0.717) is 21.0 Å². The maximum atomic E-state index is 12.2. The van der Waals surface area contributed by atoms with Crippen LogP contribution < -0.4 is 5.43 Å². The number of fused-ring (bicyclic) bond motifs is 1. The summed E-state index contributed by atoms with van der Waals surface area (Å²) in [6.45, 7) is 0. The van der Waals surface area contributed by atoms with E-state index in [0.717, 1.165) is 4.47 Å². The van der Waals surface area contributed by atoms with E-state index < -0.39 is 0 Å². The molecule has 0 spiro atoms. The Hall–Kier alpha value is -0.390. The zero-order valence-corrected chi connectivity index (χ0v) is 12.0. The Morgan fingerprint density at radius 1 is 1.25 bits per heavy atom. The van der Waals surface area contributed by atoms with Crippen molar-refractivity contribution in [3.05, 3.63) is 32.9 Å². The molecule has 2 nitrogen and oxygen atoms in total. The molecule has 0 unspecified atom stereocenters. The monoisotopic (exact) mass is 316 g/mol. The summed E-state index contributed by atoms with van der Waals surface area (Å²) in [6, 6.07) is 5.48. The fourth-order valence-electron chi connectivity index (χ4n) is 1.44. The third-order valence-corrected chi connectivity index (χ3v) is 4.23. The van der Waals surface area contributed by atoms with Gasteiger partial charge < -0.3 is 4.42 Å². The van der Waals surface area contributed by atoms with Crippen LogP contribution in [-0.2, 0) is 0 Å². The lowest BCUT2D eigenvalue weighted by Crippen LogP contribution is -2.05. The molecule has 0 N–H and O–H groups in total. The van der Waals surface area contributed by atoms with Crippen LogP contribution in [-0.4, -0.2) is 12.5 Å². The number of hydrogen-bond donors (Lipinski definition) is 0. The Balaban J connectivity index is 2.88. The van der Waals surface area contributed by atoms with Gasteiger partial charge in [0.15, 0.2) is 5.09 Å². The van der Waals surface area contributed by atoms with Crippen LogP contribution in [0.3, 0.4) is 0 Å². The highest BCUT2D eigenvalue weighted by Gasteiger charge is 2.12. The van der Waals surface area contributed by atoms with Crippen LogP contribution in [0, 0.1) is 0 Å². The zero-order valence-electron chi connectivity index (χ0n) is 8.74. The molecule has 1 heterocycles. The lowest BCUT2D eigenvalue weighted by Gasteiger charge is -2.05. The smallest absolute Gasteiger partial charge is 0.207 e. The Bertz CT molecular complexity index is 592. The normalized spacial score (nSPS) is 10.9. The second kappa shape index (κ2) is 4.85. The standard InChI is InChI=1S/C11H9BrO2S2/c1-15-10-9(13)7-5-6(12)3-4-8(7)14-11(10)16-2/h3-5H,1-2H3. The molecular weight excluding hydrogens is 308 g/mol. The largest absolute Gasteiger partial charge is 0.448 e. The van der Waals surface area contributed by atoms with Crippen molar-refractivity contribution in [3.63, 3.8) is 0 Å². The quantitative estimate of drug-likeness (QED) is 0.783. The van der Waals surface area contributed by atoms with Gasteiger partial charge in [-0.15, -0.1) is 11.8 Å². The lowest BCUT2D eigenvalue weighted by atomic mass is 10.2. The average Bonchev–Trinajstić information content (AvgIpc) is 2.29. The van der Waals surface area contributed by atoms with Gasteiger partial charge in [-0.1, -0.05) is 27.7 Å². The van der Waals surface area contributed by atoms with E-state index in [-0.39, 0.29) is 5.43 Å². The molecule has 0 aliphatic heterocycles. The molecule has 5 heteroatoms. The van der Waals surface area contributed by atoms with E-state index in [4.69, 9.17) is 4.42 Å². The first-order valence-corrected chi connectivity index (χ1v) is 7.76. The van der Waals surface area contributed by atoms with Gasteiger partial charge in [-0.2, -0.15) is 0 Å². The highest BCUT2D eigenvalue weighted by Crippen LogP contribution is 2.29. The van der Waals surface area contributed by atoms with Gasteiger partial charge in [-0.05, 0) is 30.7 Å². The fraction of sp³-hybridized carbons (Fsp3) is 0.182. The van der Waals surface area contributed by atoms with Gasteiger partial charge in [0.05, 0.1) is 5.39 Å². The van der Waals surface area contributed by atoms with Gasteiger partial charge in [-0.25, -0.2) is 0 Å². The van der Waals surface area contributed by atoms with Gasteiger partial charge in [0.25, 0.3) is 0 Å². The Morgan fingerprint density at radius 2 is 2.00 bits per heavy atom. The van der Waals surface area contributed by atoms with Crippen LogP contribution in [0.25, 0.3) is 11.0 Å². The Kier molecular flexibility index (Phi) is 3.66. The maximum absolute atomic E-state index is 12.2. The SMILES string of the molecule is CSc1oc2ccc(Br)cc2c(=O)c1SC. The molecule has 2 aromatic rings. The highest BCUT2D eigenvalue weighted by molar-refractivity contribution is 9.10. The highest BCUT2D eigenvalue weighted by atomic mass is 79.9. The van der Waals surface area contributed by atoms with E-state index in [1.165, 1.54) is 23.5 Å². The van der Waals surface area contributed by atoms with Crippen LogP contribution >= 0.6 is 39.5 Å². The van der Waals surface area contributed by atoms with Crippen LogP contribution in [0.15, 0.2) is 41.9 Å². The maximum Gasteiger partial charge on any atom is 0.207 e. The lowest BCUT2D eigenvalue weighted by molar-refractivity contribution is 0.478. The summed E-state index contributed by atoms with van der Waals surface area (Å²) >= 11 is 6.23. The molecule has 0 aliphatic rings. The molecular formula is C11H9BrO2S2. The molecule has 0 saturated heterocycles. The third-order valence-electron chi connectivity index (χ3n) is 2.17. The molecule has 0 radical (unpaired) electrons. The minimum absolute atomic E-state index is 0.0411. The molecule has 0 fully saturated rings. The second-order valence-corrected chi connectivity index (χ2v) is 5.61. The van der Waals surface area contributed by atoms with Crippen LogP contribution in [0.2, 0.25) is 0 Å². The van der Waals surface area contributed by atoms with Crippen LogP contribution in [0.1, 0.15) is 0 Å². The summed E-state index contributed by atoms with van der Waals surface area (Å²) in [5, 5.41) is 1.31. The summed E-state index contributed by atoms with van der Waals surface area (Å²) in [5.41, 5.74) is 0.676. The molecule has 0 aliphatic carbocycles. The third kappa shape index (κ3) is 2.04. The first kappa shape index (κ1) is 12.1. The zero-order chi connectivity index (χ0) is 11.7. The molecule has 2 rings (SSSR count). The van der Waals surface area contributed by atoms with E-state index in [9.17, 15) is 4.79 Å². The van der Waals surface area contributed by atoms with Crippen LogP contribution in [0.5, 0.6) is 0 Å². The number of thioether (sulfide) groups is 2. The molecule has 0 bridgehead atoms.